The number of ether oxygens (including phenoxy) is 2. The Morgan fingerprint density at radius 3 is 2.50 bits per heavy atom. The van der Waals surface area contributed by atoms with Crippen LogP contribution in [0, 0.1) is 0 Å². The van der Waals surface area contributed by atoms with Crippen molar-refractivity contribution in [3.05, 3.63) is 59.9 Å². The third kappa shape index (κ3) is 5.28. The summed E-state index contributed by atoms with van der Waals surface area (Å²) in [6.07, 6.45) is 3.82. The zero-order valence-corrected chi connectivity index (χ0v) is 15.1. The summed E-state index contributed by atoms with van der Waals surface area (Å²) in [6, 6.07) is 11.7. The molecule has 1 amide bonds. The van der Waals surface area contributed by atoms with Gasteiger partial charge in [-0.3, -0.25) is 9.78 Å². The van der Waals surface area contributed by atoms with Gasteiger partial charge in [0.15, 0.2) is 0 Å². The molecule has 0 aliphatic carbocycles. The van der Waals surface area contributed by atoms with Gasteiger partial charge in [-0.05, 0) is 35.4 Å². The number of amides is 1. The molecule has 0 unspecified atom stereocenters. The molecule has 1 aliphatic heterocycles. The van der Waals surface area contributed by atoms with E-state index in [2.05, 4.69) is 10.3 Å². The van der Waals surface area contributed by atoms with Crippen molar-refractivity contribution in [3.63, 3.8) is 0 Å². The topological polar surface area (TPSA) is 63.7 Å². The molecule has 0 bridgehead atoms. The lowest BCUT2D eigenvalue weighted by molar-refractivity contribution is -0.136. The van der Waals surface area contributed by atoms with E-state index in [1.54, 1.807) is 19.5 Å². The molecule has 6 heteroatoms. The van der Waals surface area contributed by atoms with Gasteiger partial charge in [-0.1, -0.05) is 12.1 Å². The minimum absolute atomic E-state index is 0.0629. The third-order valence-corrected chi connectivity index (χ3v) is 4.41. The van der Waals surface area contributed by atoms with Crippen molar-refractivity contribution in [2.45, 2.75) is 25.6 Å². The van der Waals surface area contributed by atoms with E-state index in [0.29, 0.717) is 26.1 Å². The van der Waals surface area contributed by atoms with E-state index < -0.39 is 0 Å². The number of benzene rings is 1. The van der Waals surface area contributed by atoms with E-state index in [1.165, 1.54) is 0 Å². The summed E-state index contributed by atoms with van der Waals surface area (Å²) in [5.41, 5.74) is 2.13. The number of methoxy groups -OCH3 is 1. The lowest BCUT2D eigenvalue weighted by atomic mass is 10.1. The molecule has 1 saturated heterocycles. The van der Waals surface area contributed by atoms with Gasteiger partial charge in [0, 0.05) is 38.6 Å². The molecule has 3 rings (SSSR count). The molecule has 2 aromatic rings. The van der Waals surface area contributed by atoms with Crippen molar-refractivity contribution < 1.29 is 14.3 Å². The van der Waals surface area contributed by atoms with Crippen molar-refractivity contribution >= 4 is 5.91 Å². The fraction of sp³-hybridized carbons (Fsp3) is 0.400. The first-order chi connectivity index (χ1) is 12.7. The van der Waals surface area contributed by atoms with Crippen molar-refractivity contribution in [2.24, 2.45) is 0 Å². The molecule has 1 aromatic heterocycles. The van der Waals surface area contributed by atoms with Gasteiger partial charge >= 0.3 is 0 Å². The van der Waals surface area contributed by atoms with Crippen LogP contribution in [-0.2, 0) is 22.6 Å². The highest BCUT2D eigenvalue weighted by atomic mass is 16.5. The smallest absolute Gasteiger partial charge is 0.225 e. The summed E-state index contributed by atoms with van der Waals surface area (Å²) in [5.74, 6) is 0.897. The molecule has 0 saturated carbocycles. The normalized spacial score (nSPS) is 16.9. The molecule has 26 heavy (non-hydrogen) atoms. The van der Waals surface area contributed by atoms with Gasteiger partial charge in [-0.2, -0.15) is 0 Å². The Labute approximate surface area is 154 Å². The highest BCUT2D eigenvalue weighted by molar-refractivity contribution is 5.76. The van der Waals surface area contributed by atoms with Gasteiger partial charge in [0.05, 0.1) is 26.2 Å². The predicted octanol–water partition coefficient (Wildman–Crippen LogP) is 2.00. The molecule has 138 valence electrons. The average Bonchev–Trinajstić information content (AvgIpc) is 2.69. The van der Waals surface area contributed by atoms with Crippen molar-refractivity contribution in [2.75, 3.05) is 26.8 Å². The summed E-state index contributed by atoms with van der Waals surface area (Å²) >= 11 is 0. The highest BCUT2D eigenvalue weighted by Crippen LogP contribution is 2.16. The summed E-state index contributed by atoms with van der Waals surface area (Å²) in [7, 11) is 1.65. The minimum Gasteiger partial charge on any atom is -0.497 e. The number of carbonyl (C=O) groups excluding carboxylic acids is 1. The fourth-order valence-corrected chi connectivity index (χ4v) is 2.97. The predicted molar refractivity (Wildman–Crippen MR) is 98.7 cm³/mol. The fourth-order valence-electron chi connectivity index (χ4n) is 2.97. The summed E-state index contributed by atoms with van der Waals surface area (Å²) in [6.45, 7) is 3.31. The molecule has 1 aromatic carbocycles. The van der Waals surface area contributed by atoms with Gasteiger partial charge in [0.1, 0.15) is 5.75 Å². The molecule has 6 nitrogen and oxygen atoms in total. The lowest BCUT2D eigenvalue weighted by Crippen LogP contribution is -2.42. The largest absolute Gasteiger partial charge is 0.497 e. The van der Waals surface area contributed by atoms with Gasteiger partial charge in [0.25, 0.3) is 0 Å². The molecular weight excluding hydrogens is 330 g/mol. The maximum atomic E-state index is 12.9. The first kappa shape index (κ1) is 18.4. The van der Waals surface area contributed by atoms with Crippen molar-refractivity contribution in [3.8, 4) is 5.75 Å². The number of nitrogens with one attached hydrogen (secondary N) is 1. The van der Waals surface area contributed by atoms with Crippen LogP contribution >= 0.6 is 0 Å². The SMILES string of the molecule is COc1ccc(CN(Cc2ccncc2)C(=O)C[C@H]2CNCCO2)cc1. The standard InChI is InChI=1S/C20H25N3O3/c1-25-18-4-2-16(3-5-18)14-23(15-17-6-8-21-9-7-17)20(24)12-19-13-22-10-11-26-19/h2-9,19,22H,10-15H2,1H3/t19-/m0/s1. The second kappa shape index (κ2) is 9.31. The molecule has 1 fully saturated rings. The molecule has 2 heterocycles. The van der Waals surface area contributed by atoms with Crippen molar-refractivity contribution in [1.29, 1.82) is 0 Å². The van der Waals surface area contributed by atoms with Gasteiger partial charge in [-0.15, -0.1) is 0 Å². The number of aromatic nitrogens is 1. The van der Waals surface area contributed by atoms with E-state index >= 15 is 0 Å². The zero-order chi connectivity index (χ0) is 18.2. The van der Waals surface area contributed by atoms with Crippen molar-refractivity contribution in [1.82, 2.24) is 15.2 Å². The zero-order valence-electron chi connectivity index (χ0n) is 15.1. The Morgan fingerprint density at radius 2 is 1.88 bits per heavy atom. The summed E-state index contributed by atoms with van der Waals surface area (Å²) in [5, 5.41) is 3.27. The maximum absolute atomic E-state index is 12.9. The monoisotopic (exact) mass is 355 g/mol. The van der Waals surface area contributed by atoms with Gasteiger partial charge in [-0.25, -0.2) is 0 Å². The number of carbonyl (C=O) groups is 1. The number of hydrogen-bond acceptors (Lipinski definition) is 5. The van der Waals surface area contributed by atoms with E-state index in [-0.39, 0.29) is 12.0 Å². The van der Waals surface area contributed by atoms with Crippen LogP contribution in [0.2, 0.25) is 0 Å². The van der Waals surface area contributed by atoms with Crippen LogP contribution < -0.4 is 10.1 Å². The maximum Gasteiger partial charge on any atom is 0.225 e. The van der Waals surface area contributed by atoms with Crippen LogP contribution in [0.5, 0.6) is 5.75 Å². The second-order valence-corrected chi connectivity index (χ2v) is 6.35. The van der Waals surface area contributed by atoms with Gasteiger partial charge < -0.3 is 19.7 Å². The number of hydrogen-bond donors (Lipinski definition) is 1. The summed E-state index contributed by atoms with van der Waals surface area (Å²) < 4.78 is 10.9. The Bertz CT molecular complexity index is 685. The Balaban J connectivity index is 1.70. The van der Waals surface area contributed by atoms with E-state index in [1.807, 2.05) is 41.3 Å². The molecule has 1 atom stereocenters. The molecule has 1 aliphatic rings. The van der Waals surface area contributed by atoms with Crippen LogP contribution in [-0.4, -0.2) is 48.7 Å². The minimum atomic E-state index is -0.0629. The van der Waals surface area contributed by atoms with Gasteiger partial charge in [0.2, 0.25) is 5.91 Å². The van der Waals surface area contributed by atoms with E-state index in [9.17, 15) is 4.79 Å². The summed E-state index contributed by atoms with van der Waals surface area (Å²) in [4.78, 5) is 18.8. The van der Waals surface area contributed by atoms with Crippen LogP contribution in [0.25, 0.3) is 0 Å². The quantitative estimate of drug-likeness (QED) is 0.823. The van der Waals surface area contributed by atoms with Crippen LogP contribution in [0.1, 0.15) is 17.5 Å². The van der Waals surface area contributed by atoms with Crippen LogP contribution in [0.3, 0.4) is 0 Å². The first-order valence-corrected chi connectivity index (χ1v) is 8.86. The Hall–Kier alpha value is -2.44. The Kier molecular flexibility index (Phi) is 6.57. The van der Waals surface area contributed by atoms with Crippen LogP contribution in [0.15, 0.2) is 48.8 Å². The molecular formula is C20H25N3O3. The molecule has 0 spiro atoms. The number of pyridine rings is 1. The number of rotatable bonds is 7. The Morgan fingerprint density at radius 1 is 1.19 bits per heavy atom. The van der Waals surface area contributed by atoms with E-state index in [0.717, 1.165) is 30.0 Å². The first-order valence-electron chi connectivity index (χ1n) is 8.86. The number of morpholine rings is 1. The molecule has 1 N–H and O–H groups in total. The van der Waals surface area contributed by atoms with Crippen LogP contribution in [0.4, 0.5) is 0 Å². The average molecular weight is 355 g/mol. The van der Waals surface area contributed by atoms with E-state index in [4.69, 9.17) is 9.47 Å². The second-order valence-electron chi connectivity index (χ2n) is 6.35. The number of nitrogens with zero attached hydrogens (tertiary/aromatic N) is 2. The lowest BCUT2D eigenvalue weighted by Gasteiger charge is -2.28. The molecule has 0 radical (unpaired) electrons. The highest BCUT2D eigenvalue weighted by Gasteiger charge is 2.22. The third-order valence-electron chi connectivity index (χ3n) is 4.41.